The molecule has 186 valence electrons. The van der Waals surface area contributed by atoms with E-state index in [-0.39, 0.29) is 12.1 Å². The fourth-order valence-corrected chi connectivity index (χ4v) is 3.39. The lowest BCUT2D eigenvalue weighted by atomic mass is 10.1. The molecule has 36 heavy (non-hydrogen) atoms. The molecule has 1 atom stereocenters. The van der Waals surface area contributed by atoms with E-state index in [9.17, 15) is 19.5 Å². The smallest absolute Gasteiger partial charge is 0.326 e. The second kappa shape index (κ2) is 13.5. The van der Waals surface area contributed by atoms with Crippen LogP contribution < -0.4 is 15.4 Å². The molecule has 0 spiro atoms. The molecule has 0 saturated carbocycles. The summed E-state index contributed by atoms with van der Waals surface area (Å²) in [6.45, 7) is 2.67. The van der Waals surface area contributed by atoms with Gasteiger partial charge < -0.3 is 20.5 Å². The number of amides is 2. The molecule has 0 radical (unpaired) electrons. The highest BCUT2D eigenvalue weighted by atomic mass is 16.5. The van der Waals surface area contributed by atoms with Gasteiger partial charge in [0.1, 0.15) is 17.5 Å². The first-order valence-electron chi connectivity index (χ1n) is 11.8. The van der Waals surface area contributed by atoms with Gasteiger partial charge in [-0.1, -0.05) is 74.0 Å². The number of hydrogen-bond acceptors (Lipinski definition) is 4. The maximum atomic E-state index is 13.1. The molecule has 0 bridgehead atoms. The largest absolute Gasteiger partial charge is 0.494 e. The number of aliphatic carboxylic acids is 1. The lowest BCUT2D eigenvalue weighted by Crippen LogP contribution is -2.45. The van der Waals surface area contributed by atoms with Gasteiger partial charge in [-0.2, -0.15) is 0 Å². The number of carbonyl (C=O) groups excluding carboxylic acids is 2. The molecule has 3 aromatic carbocycles. The van der Waals surface area contributed by atoms with E-state index in [1.807, 2.05) is 12.1 Å². The SMILES string of the molecule is CCCCOc1ccc(C(=O)N/C(=C/c2ccccc2)C(=O)NC(Cc2ccccc2)C(=O)O)cc1. The van der Waals surface area contributed by atoms with Crippen LogP contribution in [0.25, 0.3) is 6.08 Å². The molecule has 0 aliphatic rings. The Hall–Kier alpha value is -4.39. The number of nitrogens with one attached hydrogen (secondary N) is 2. The zero-order chi connectivity index (χ0) is 25.8. The Bertz CT molecular complexity index is 1180. The summed E-state index contributed by atoms with van der Waals surface area (Å²) in [5, 5.41) is 14.9. The third-order valence-corrected chi connectivity index (χ3v) is 5.37. The van der Waals surface area contributed by atoms with Crippen molar-refractivity contribution in [1.82, 2.24) is 10.6 Å². The first kappa shape index (κ1) is 26.2. The predicted molar refractivity (Wildman–Crippen MR) is 138 cm³/mol. The highest BCUT2D eigenvalue weighted by molar-refractivity contribution is 6.06. The lowest BCUT2D eigenvalue weighted by Gasteiger charge is -2.17. The highest BCUT2D eigenvalue weighted by Crippen LogP contribution is 2.14. The molecule has 3 rings (SSSR count). The summed E-state index contributed by atoms with van der Waals surface area (Å²) >= 11 is 0. The summed E-state index contributed by atoms with van der Waals surface area (Å²) in [4.78, 5) is 37.9. The van der Waals surface area contributed by atoms with Crippen LogP contribution in [0, 0.1) is 0 Å². The molecule has 3 N–H and O–H groups in total. The molecule has 7 nitrogen and oxygen atoms in total. The molecular formula is C29H30N2O5. The van der Waals surface area contributed by atoms with Gasteiger partial charge in [-0.25, -0.2) is 4.79 Å². The number of unbranched alkanes of at least 4 members (excludes halogenated alkanes) is 1. The van der Waals surface area contributed by atoms with E-state index in [1.54, 1.807) is 72.8 Å². The van der Waals surface area contributed by atoms with Crippen LogP contribution in [0.15, 0.2) is 90.6 Å². The predicted octanol–water partition coefficient (Wildman–Crippen LogP) is 4.45. The molecule has 0 saturated heterocycles. The molecular weight excluding hydrogens is 456 g/mol. The van der Waals surface area contributed by atoms with Crippen LogP contribution >= 0.6 is 0 Å². The Labute approximate surface area is 210 Å². The summed E-state index contributed by atoms with van der Waals surface area (Å²) < 4.78 is 5.63. The zero-order valence-electron chi connectivity index (χ0n) is 20.1. The summed E-state index contributed by atoms with van der Waals surface area (Å²) in [5.41, 5.74) is 1.72. The third kappa shape index (κ3) is 8.13. The van der Waals surface area contributed by atoms with Crippen LogP contribution in [-0.4, -0.2) is 35.5 Å². The van der Waals surface area contributed by atoms with E-state index in [0.29, 0.717) is 23.5 Å². The van der Waals surface area contributed by atoms with Crippen LogP contribution in [0.2, 0.25) is 0 Å². The van der Waals surface area contributed by atoms with Crippen LogP contribution in [0.5, 0.6) is 5.75 Å². The van der Waals surface area contributed by atoms with Crippen molar-refractivity contribution >= 4 is 23.9 Å². The van der Waals surface area contributed by atoms with Gasteiger partial charge in [-0.15, -0.1) is 0 Å². The first-order chi connectivity index (χ1) is 17.5. The van der Waals surface area contributed by atoms with E-state index < -0.39 is 23.8 Å². The normalized spacial score (nSPS) is 11.9. The minimum Gasteiger partial charge on any atom is -0.494 e. The minimum atomic E-state index is -1.17. The number of carboxylic acids is 1. The second-order valence-corrected chi connectivity index (χ2v) is 8.20. The van der Waals surface area contributed by atoms with E-state index in [0.717, 1.165) is 18.4 Å². The Morgan fingerprint density at radius 2 is 1.56 bits per heavy atom. The zero-order valence-corrected chi connectivity index (χ0v) is 20.1. The van der Waals surface area contributed by atoms with Gasteiger partial charge >= 0.3 is 5.97 Å². The fraction of sp³-hybridized carbons (Fsp3) is 0.207. The number of carboxylic acid groups (broad SMARTS) is 1. The molecule has 7 heteroatoms. The summed E-state index contributed by atoms with van der Waals surface area (Å²) in [6.07, 6.45) is 3.57. The van der Waals surface area contributed by atoms with Gasteiger partial charge in [0, 0.05) is 12.0 Å². The van der Waals surface area contributed by atoms with Crippen molar-refractivity contribution in [2.75, 3.05) is 6.61 Å². The van der Waals surface area contributed by atoms with Crippen molar-refractivity contribution in [2.45, 2.75) is 32.2 Å². The van der Waals surface area contributed by atoms with Gasteiger partial charge in [0.25, 0.3) is 11.8 Å². The van der Waals surface area contributed by atoms with Crippen molar-refractivity contribution in [3.05, 3.63) is 107 Å². The number of rotatable bonds is 12. The van der Waals surface area contributed by atoms with Gasteiger partial charge in [0.05, 0.1) is 6.61 Å². The number of hydrogen-bond donors (Lipinski definition) is 3. The van der Waals surface area contributed by atoms with Crippen LogP contribution in [0.3, 0.4) is 0 Å². The number of benzene rings is 3. The van der Waals surface area contributed by atoms with Crippen molar-refractivity contribution < 1.29 is 24.2 Å². The highest BCUT2D eigenvalue weighted by Gasteiger charge is 2.23. The van der Waals surface area contributed by atoms with Crippen LogP contribution in [0.1, 0.15) is 41.3 Å². The van der Waals surface area contributed by atoms with Crippen LogP contribution in [-0.2, 0) is 16.0 Å². The Balaban J connectivity index is 1.77. The van der Waals surface area contributed by atoms with E-state index in [2.05, 4.69) is 17.6 Å². The average molecular weight is 487 g/mol. The monoisotopic (exact) mass is 486 g/mol. The fourth-order valence-electron chi connectivity index (χ4n) is 3.39. The summed E-state index contributed by atoms with van der Waals surface area (Å²) in [5.74, 6) is -1.71. The third-order valence-electron chi connectivity index (χ3n) is 5.37. The topological polar surface area (TPSA) is 105 Å². The van der Waals surface area contributed by atoms with Gasteiger partial charge in [-0.3, -0.25) is 9.59 Å². The summed E-state index contributed by atoms with van der Waals surface area (Å²) in [6, 6.07) is 23.5. The quantitative estimate of drug-likeness (QED) is 0.259. The van der Waals surface area contributed by atoms with Gasteiger partial charge in [0.15, 0.2) is 0 Å². The molecule has 0 heterocycles. The Kier molecular flexibility index (Phi) is 9.82. The van der Waals surface area contributed by atoms with E-state index in [1.165, 1.54) is 6.08 Å². The maximum Gasteiger partial charge on any atom is 0.326 e. The van der Waals surface area contributed by atoms with Gasteiger partial charge in [0.2, 0.25) is 0 Å². The molecule has 0 aliphatic heterocycles. The molecule has 0 aromatic heterocycles. The van der Waals surface area contributed by atoms with Gasteiger partial charge in [-0.05, 0) is 47.9 Å². The minimum absolute atomic E-state index is 0.0613. The molecule has 2 amide bonds. The van der Waals surface area contributed by atoms with Crippen molar-refractivity contribution in [2.24, 2.45) is 0 Å². The van der Waals surface area contributed by atoms with Crippen LogP contribution in [0.4, 0.5) is 0 Å². The van der Waals surface area contributed by atoms with Crippen molar-refractivity contribution in [1.29, 1.82) is 0 Å². The molecule has 0 fully saturated rings. The second-order valence-electron chi connectivity index (χ2n) is 8.20. The lowest BCUT2D eigenvalue weighted by molar-refractivity contribution is -0.141. The van der Waals surface area contributed by atoms with Crippen molar-refractivity contribution in [3.63, 3.8) is 0 Å². The Morgan fingerprint density at radius 3 is 2.17 bits per heavy atom. The first-order valence-corrected chi connectivity index (χ1v) is 11.8. The van der Waals surface area contributed by atoms with Crippen molar-refractivity contribution in [3.8, 4) is 5.75 Å². The standard InChI is InChI=1S/C29H30N2O5/c1-2-3-18-36-24-16-14-23(15-17-24)27(32)30-25(19-21-10-6-4-7-11-21)28(33)31-26(29(34)35)20-22-12-8-5-9-13-22/h4-17,19,26H,2-3,18,20H2,1H3,(H,30,32)(H,31,33)(H,34,35)/b25-19+. The number of carbonyl (C=O) groups is 3. The summed E-state index contributed by atoms with van der Waals surface area (Å²) in [7, 11) is 0. The Morgan fingerprint density at radius 1 is 0.917 bits per heavy atom. The molecule has 1 unspecified atom stereocenters. The average Bonchev–Trinajstić information content (AvgIpc) is 2.89. The van der Waals surface area contributed by atoms with E-state index in [4.69, 9.17) is 4.74 Å². The maximum absolute atomic E-state index is 13.1. The number of ether oxygens (including phenoxy) is 1. The van der Waals surface area contributed by atoms with E-state index >= 15 is 0 Å². The molecule has 0 aliphatic carbocycles. The molecule has 3 aromatic rings.